The van der Waals surface area contributed by atoms with Gasteiger partial charge in [-0.05, 0) is 18.2 Å². The van der Waals surface area contributed by atoms with Crippen LogP contribution < -0.4 is 0 Å². The predicted molar refractivity (Wildman–Crippen MR) is 51.2 cm³/mol. The Hall–Kier alpha value is -1.53. The molecule has 0 atom stereocenters. The Balaban J connectivity index is 2.88. The lowest BCUT2D eigenvalue weighted by Crippen LogP contribution is -1.83. The Labute approximate surface area is 80.9 Å². The lowest BCUT2D eigenvalue weighted by atomic mass is 10.2. The summed E-state index contributed by atoms with van der Waals surface area (Å²) < 4.78 is 0. The minimum Gasteiger partial charge on any atom is -0.507 e. The number of aromatic hydroxyl groups is 1. The van der Waals surface area contributed by atoms with Crippen molar-refractivity contribution in [3.8, 4) is 11.8 Å². The van der Waals surface area contributed by atoms with Gasteiger partial charge in [0.15, 0.2) is 0 Å². The third-order valence-electron chi connectivity index (χ3n) is 1.38. The molecule has 0 saturated carbocycles. The van der Waals surface area contributed by atoms with Gasteiger partial charge in [-0.25, -0.2) is 0 Å². The number of rotatable bonds is 2. The van der Waals surface area contributed by atoms with Crippen LogP contribution in [0.1, 0.15) is 5.56 Å². The zero-order valence-electron chi connectivity index (χ0n) is 6.74. The van der Waals surface area contributed by atoms with Crippen molar-refractivity contribution in [1.29, 1.82) is 5.26 Å². The maximum absolute atomic E-state index is 9.30. The summed E-state index contributed by atoms with van der Waals surface area (Å²) in [7, 11) is 0. The zero-order chi connectivity index (χ0) is 9.68. The first-order valence-corrected chi connectivity index (χ1v) is 3.97. The van der Waals surface area contributed by atoms with Crippen molar-refractivity contribution in [2.24, 2.45) is 4.99 Å². The molecule has 0 spiro atoms. The number of nitriles is 1. The molecule has 0 aliphatic carbocycles. The summed E-state index contributed by atoms with van der Waals surface area (Å²) in [5, 5.41) is 18.0. The summed E-state index contributed by atoms with van der Waals surface area (Å²) in [5.41, 5.74) is 0.516. The third-order valence-corrected chi connectivity index (χ3v) is 1.62. The zero-order valence-corrected chi connectivity index (χ0v) is 7.49. The molecular weight excluding hydrogens is 188 g/mol. The second-order valence-electron chi connectivity index (χ2n) is 2.33. The molecule has 1 aromatic rings. The minimum absolute atomic E-state index is 0.0754. The molecule has 4 heteroatoms. The fourth-order valence-electron chi connectivity index (χ4n) is 0.814. The van der Waals surface area contributed by atoms with Gasteiger partial charge in [-0.15, -0.1) is 0 Å². The van der Waals surface area contributed by atoms with Gasteiger partial charge >= 0.3 is 0 Å². The molecule has 1 rings (SSSR count). The molecule has 0 unspecified atom stereocenters. The van der Waals surface area contributed by atoms with E-state index in [9.17, 15) is 5.11 Å². The molecule has 66 valence electrons. The maximum Gasteiger partial charge on any atom is 0.126 e. The molecule has 0 aliphatic heterocycles. The van der Waals surface area contributed by atoms with E-state index in [2.05, 4.69) is 4.99 Å². The van der Waals surface area contributed by atoms with E-state index >= 15 is 0 Å². The fraction of sp³-hybridized carbons (Fsp3) is 0.111. The van der Waals surface area contributed by atoms with Crippen LogP contribution in [0, 0.1) is 11.3 Å². The highest BCUT2D eigenvalue weighted by Crippen LogP contribution is 2.19. The van der Waals surface area contributed by atoms with Crippen LogP contribution in [-0.4, -0.2) is 17.9 Å². The van der Waals surface area contributed by atoms with Crippen LogP contribution in [0.5, 0.6) is 5.75 Å². The molecule has 1 aromatic carbocycles. The van der Waals surface area contributed by atoms with E-state index in [1.54, 1.807) is 12.1 Å². The normalized spacial score (nSPS) is 10.2. The van der Waals surface area contributed by atoms with Crippen LogP contribution in [0.3, 0.4) is 0 Å². The Morgan fingerprint density at radius 1 is 1.62 bits per heavy atom. The van der Waals surface area contributed by atoms with Gasteiger partial charge in [-0.3, -0.25) is 4.99 Å². The van der Waals surface area contributed by atoms with Crippen molar-refractivity contribution in [2.75, 3.05) is 6.54 Å². The van der Waals surface area contributed by atoms with E-state index in [4.69, 9.17) is 16.9 Å². The first-order chi connectivity index (χ1) is 6.24. The number of hydrogen-bond acceptors (Lipinski definition) is 3. The molecule has 13 heavy (non-hydrogen) atoms. The van der Waals surface area contributed by atoms with Crippen LogP contribution in [0.2, 0.25) is 5.02 Å². The Kier molecular flexibility index (Phi) is 3.30. The summed E-state index contributed by atoms with van der Waals surface area (Å²) in [6.07, 6.45) is 1.42. The van der Waals surface area contributed by atoms with Crippen molar-refractivity contribution >= 4 is 17.8 Å². The number of benzene rings is 1. The van der Waals surface area contributed by atoms with Crippen molar-refractivity contribution in [3.63, 3.8) is 0 Å². The van der Waals surface area contributed by atoms with Crippen LogP contribution >= 0.6 is 11.6 Å². The minimum atomic E-state index is 0.0754. The summed E-state index contributed by atoms with van der Waals surface area (Å²) in [6, 6.07) is 6.50. The molecule has 0 heterocycles. The SMILES string of the molecule is N#CCN=Cc1cc(Cl)ccc1O. The van der Waals surface area contributed by atoms with Gasteiger partial charge < -0.3 is 5.11 Å². The summed E-state index contributed by atoms with van der Waals surface area (Å²) in [6.45, 7) is 0.0754. The van der Waals surface area contributed by atoms with Crippen molar-refractivity contribution in [1.82, 2.24) is 0 Å². The number of nitrogens with zero attached hydrogens (tertiary/aromatic N) is 2. The van der Waals surface area contributed by atoms with Crippen molar-refractivity contribution in [2.45, 2.75) is 0 Å². The Morgan fingerprint density at radius 3 is 3.08 bits per heavy atom. The fourth-order valence-corrected chi connectivity index (χ4v) is 0.994. The molecule has 3 nitrogen and oxygen atoms in total. The molecule has 0 fully saturated rings. The molecule has 0 bridgehead atoms. The van der Waals surface area contributed by atoms with Crippen LogP contribution in [0.4, 0.5) is 0 Å². The topological polar surface area (TPSA) is 56.4 Å². The van der Waals surface area contributed by atoms with E-state index in [1.807, 2.05) is 6.07 Å². The molecule has 0 aliphatic rings. The number of halogens is 1. The van der Waals surface area contributed by atoms with Crippen molar-refractivity contribution < 1.29 is 5.11 Å². The highest BCUT2D eigenvalue weighted by molar-refractivity contribution is 6.30. The van der Waals surface area contributed by atoms with Crippen LogP contribution in [0.15, 0.2) is 23.2 Å². The average molecular weight is 195 g/mol. The summed E-state index contributed by atoms with van der Waals surface area (Å²) in [5.74, 6) is 0.103. The first kappa shape index (κ1) is 9.56. The number of phenols is 1. The summed E-state index contributed by atoms with van der Waals surface area (Å²) >= 11 is 5.69. The van der Waals surface area contributed by atoms with E-state index in [1.165, 1.54) is 12.3 Å². The highest BCUT2D eigenvalue weighted by atomic mass is 35.5. The standard InChI is InChI=1S/C9H7ClN2O/c10-8-1-2-9(13)7(5-8)6-12-4-3-11/h1-2,5-6,13H,4H2. The van der Waals surface area contributed by atoms with E-state index in [0.29, 0.717) is 10.6 Å². The molecule has 0 amide bonds. The summed E-state index contributed by atoms with van der Waals surface area (Å²) in [4.78, 5) is 3.76. The smallest absolute Gasteiger partial charge is 0.126 e. The van der Waals surface area contributed by atoms with Gasteiger partial charge in [0.05, 0.1) is 6.07 Å². The second kappa shape index (κ2) is 4.48. The van der Waals surface area contributed by atoms with Crippen LogP contribution in [-0.2, 0) is 0 Å². The Morgan fingerprint density at radius 2 is 2.38 bits per heavy atom. The van der Waals surface area contributed by atoms with E-state index in [0.717, 1.165) is 0 Å². The van der Waals surface area contributed by atoms with Gasteiger partial charge in [0.1, 0.15) is 12.3 Å². The van der Waals surface area contributed by atoms with Gasteiger partial charge in [0, 0.05) is 16.8 Å². The number of phenolic OH excluding ortho intramolecular Hbond substituents is 1. The predicted octanol–water partition coefficient (Wildman–Crippen LogP) is 1.99. The molecule has 0 radical (unpaired) electrons. The van der Waals surface area contributed by atoms with Crippen molar-refractivity contribution in [3.05, 3.63) is 28.8 Å². The van der Waals surface area contributed by atoms with E-state index in [-0.39, 0.29) is 12.3 Å². The van der Waals surface area contributed by atoms with Gasteiger partial charge in [-0.2, -0.15) is 5.26 Å². The number of hydrogen-bond donors (Lipinski definition) is 1. The molecule has 0 saturated heterocycles. The van der Waals surface area contributed by atoms with Crippen LogP contribution in [0.25, 0.3) is 0 Å². The largest absolute Gasteiger partial charge is 0.507 e. The number of aliphatic imine (C=N–C) groups is 1. The average Bonchev–Trinajstić information content (AvgIpc) is 2.11. The second-order valence-corrected chi connectivity index (χ2v) is 2.77. The van der Waals surface area contributed by atoms with Gasteiger partial charge in [0.2, 0.25) is 0 Å². The highest BCUT2D eigenvalue weighted by Gasteiger charge is 1.97. The first-order valence-electron chi connectivity index (χ1n) is 3.59. The molecule has 1 N–H and O–H groups in total. The lowest BCUT2D eigenvalue weighted by Gasteiger charge is -1.97. The quantitative estimate of drug-likeness (QED) is 0.578. The maximum atomic E-state index is 9.30. The van der Waals surface area contributed by atoms with Gasteiger partial charge in [0.25, 0.3) is 0 Å². The van der Waals surface area contributed by atoms with Gasteiger partial charge in [-0.1, -0.05) is 11.6 Å². The Bertz CT molecular complexity index is 368. The van der Waals surface area contributed by atoms with E-state index < -0.39 is 0 Å². The monoisotopic (exact) mass is 194 g/mol. The molecule has 0 aromatic heterocycles. The lowest BCUT2D eigenvalue weighted by molar-refractivity contribution is 0.474. The molecular formula is C9H7ClN2O. The third kappa shape index (κ3) is 2.77.